The summed E-state index contributed by atoms with van der Waals surface area (Å²) < 4.78 is 99.5. The number of methoxy groups -OCH3 is 1. The van der Waals surface area contributed by atoms with E-state index in [9.17, 15) is 61.9 Å². The zero-order valence-corrected chi connectivity index (χ0v) is 51.8. The molecule has 0 aromatic carbocycles. The number of rotatable bonds is 41. The number of aliphatic hydroxyl groups is 5. The van der Waals surface area contributed by atoms with Crippen molar-refractivity contribution in [2.75, 3.05) is 66.6 Å². The largest absolute Gasteiger partial charge is 0.479 e. The van der Waals surface area contributed by atoms with Gasteiger partial charge in [-0.2, -0.15) is 0 Å². The lowest BCUT2D eigenvalue weighted by Gasteiger charge is -2.51. The first-order valence-corrected chi connectivity index (χ1v) is 31.0. The molecule has 89 heavy (non-hydrogen) atoms. The van der Waals surface area contributed by atoms with Gasteiger partial charge in [0.1, 0.15) is 91.4 Å². The smallest absolute Gasteiger partial charge is 0.335 e. The summed E-state index contributed by atoms with van der Waals surface area (Å²) in [4.78, 5) is 35.9. The number of aliphatic hydroxyl groups excluding tert-OH is 5. The minimum absolute atomic E-state index is 0.00653. The molecule has 17 unspecified atom stereocenters. The average molecular weight is 1280 g/mol. The summed E-state index contributed by atoms with van der Waals surface area (Å²) in [6.45, 7) is 9.62. The molecule has 510 valence electrons. The van der Waals surface area contributed by atoms with Gasteiger partial charge in [0.05, 0.1) is 38.1 Å². The van der Waals surface area contributed by atoms with Crippen molar-refractivity contribution in [1.82, 2.24) is 0 Å². The van der Waals surface area contributed by atoms with Gasteiger partial charge in [-0.1, -0.05) is 95.4 Å². The molecule has 5 aliphatic heterocycles. The molecule has 5 heterocycles. The Morgan fingerprint density at radius 3 is 1.18 bits per heavy atom. The van der Waals surface area contributed by atoms with Crippen molar-refractivity contribution < 1.29 is 121 Å². The van der Waals surface area contributed by atoms with Crippen LogP contribution in [0.5, 0.6) is 0 Å². The van der Waals surface area contributed by atoms with Gasteiger partial charge < -0.3 is 112 Å². The molecule has 25 atom stereocenters. The highest BCUT2D eigenvalue weighted by Crippen LogP contribution is 2.40. The zero-order chi connectivity index (χ0) is 65.0. The number of carboxylic acids is 2. The van der Waals surface area contributed by atoms with E-state index >= 15 is 0 Å². The zero-order valence-electron chi connectivity index (χ0n) is 51.8. The first-order valence-electron chi connectivity index (χ1n) is 31.0. The first kappa shape index (κ1) is 75.7. The van der Waals surface area contributed by atoms with Gasteiger partial charge in [0.15, 0.2) is 43.7 Å². The summed E-state index contributed by atoms with van der Waals surface area (Å²) in [5.41, 5.74) is 29.5. The van der Waals surface area contributed by atoms with Crippen molar-refractivity contribution in [3.8, 4) is 0 Å². The fraction of sp³-hybridized carbons (Fsp3) is 0.964. The maximum Gasteiger partial charge on any atom is 0.335 e. The molecule has 34 heteroatoms. The number of nitrogens with zero attached hydrogens (tertiary/aromatic N) is 9. The van der Waals surface area contributed by atoms with Crippen LogP contribution < -0.4 is 0 Å². The second kappa shape index (κ2) is 40.2. The summed E-state index contributed by atoms with van der Waals surface area (Å²) in [6, 6.07) is -4.44. The third-order valence-corrected chi connectivity index (χ3v) is 15.7. The quantitative estimate of drug-likeness (QED) is 0.0198. The Hall–Kier alpha value is -3.97. The average Bonchev–Trinajstić information content (AvgIpc) is 1.06. The maximum absolute atomic E-state index is 13.6. The maximum atomic E-state index is 13.6. The number of aliphatic carboxylic acids is 2. The Kier molecular flexibility index (Phi) is 34.2. The Morgan fingerprint density at radius 1 is 0.393 bits per heavy atom. The molecule has 5 rings (SSSR count). The molecule has 0 spiro atoms. The fourth-order valence-electron chi connectivity index (χ4n) is 10.9. The van der Waals surface area contributed by atoms with Crippen LogP contribution in [0.2, 0.25) is 0 Å². The normalized spacial score (nSPS) is 37.4. The van der Waals surface area contributed by atoms with Gasteiger partial charge in [-0.05, 0) is 55.1 Å². The highest BCUT2D eigenvalue weighted by atomic mass is 16.8. The lowest BCUT2D eigenvalue weighted by Crippen LogP contribution is -2.69. The Bertz CT molecular complexity index is 2210. The third kappa shape index (κ3) is 20.3. The van der Waals surface area contributed by atoms with Crippen molar-refractivity contribution in [1.29, 1.82) is 0 Å². The van der Waals surface area contributed by atoms with Crippen molar-refractivity contribution >= 4 is 11.9 Å². The SMILES string of the molecule is CCCCOC1C(O[C@H]2C(CO)OC(O[C@H]3C(C(=O)O)O[C@@H](O[C@@H]4C(CO)O[C@H](OC)C(N=[N+]=[N-])C4OCCCC)C(O)C3OCCCC)C(N=[N+]=[N-])C2O)OC(C(=O)O)C(O[C@H]2O[C@H](CO)[C@@H](OCCCC)C(OCCCC)C2N=[N+]=[N-])C1OCCCC. The van der Waals surface area contributed by atoms with E-state index in [0.717, 1.165) is 12.8 Å². The van der Waals surface area contributed by atoms with Crippen LogP contribution in [0.1, 0.15) is 119 Å². The molecular weight excluding hydrogens is 1190 g/mol. The topological polar surface area (TPSA) is 470 Å². The van der Waals surface area contributed by atoms with E-state index in [-0.39, 0.29) is 39.6 Å². The number of ether oxygens (including phenoxy) is 16. The number of unbranched alkanes of at least 4 members (excludes halogenated alkanes) is 6. The van der Waals surface area contributed by atoms with Crippen molar-refractivity contribution in [2.24, 2.45) is 15.3 Å². The van der Waals surface area contributed by atoms with Gasteiger partial charge in [-0.25, -0.2) is 9.59 Å². The van der Waals surface area contributed by atoms with Crippen LogP contribution in [-0.4, -0.2) is 268 Å². The number of hydrogen-bond donors (Lipinski definition) is 7. The highest BCUT2D eigenvalue weighted by Gasteiger charge is 2.60. The van der Waals surface area contributed by atoms with E-state index in [2.05, 4.69) is 30.1 Å². The lowest BCUT2D eigenvalue weighted by molar-refractivity contribution is -0.380. The second-order valence-corrected chi connectivity index (χ2v) is 22.0. The van der Waals surface area contributed by atoms with E-state index in [0.29, 0.717) is 64.2 Å². The second-order valence-electron chi connectivity index (χ2n) is 22.0. The molecule has 0 aromatic heterocycles. The predicted molar refractivity (Wildman–Crippen MR) is 305 cm³/mol. The van der Waals surface area contributed by atoms with E-state index in [1.54, 1.807) is 0 Å². The molecule has 5 saturated heterocycles. The van der Waals surface area contributed by atoms with E-state index in [1.165, 1.54) is 7.11 Å². The van der Waals surface area contributed by atoms with Gasteiger partial charge in [-0.15, -0.1) is 0 Å². The van der Waals surface area contributed by atoms with Gasteiger partial charge >= 0.3 is 11.9 Å². The predicted octanol–water partition coefficient (Wildman–Crippen LogP) is 3.81. The van der Waals surface area contributed by atoms with Crippen LogP contribution >= 0.6 is 0 Å². The Balaban J connectivity index is 1.51. The molecule has 0 aromatic rings. The van der Waals surface area contributed by atoms with E-state index < -0.39 is 185 Å². The van der Waals surface area contributed by atoms with Crippen molar-refractivity contribution in [2.45, 2.75) is 272 Å². The number of carboxylic acid groups (broad SMARTS) is 2. The van der Waals surface area contributed by atoms with Crippen LogP contribution in [0.15, 0.2) is 15.3 Å². The standard InChI is InChI=1S/C55H95N9O25/c1-8-14-20-75-38-30(27-66)83-53(34(61-64-58)40(38)76-21-15-9-2)87-45-43(79-24-18-12-5)48(80-25-19-13-6)55(89-47(45)50(72)73)84-37-29(26-65)82-52(32(35(37)68)59-62-56)86-44-42(78-23-17-11-4)36(69)54(88-46(44)49(70)71)85-39-31(28-67)81-51(74-7)33(60-63-57)41(39)77-22-16-10-3/h29-48,51-55,65-69H,8-28H2,1-7H3,(H,70,71)(H,72,73)/t29?,30-,31?,32?,33?,34?,35?,36?,37+,38-,39-,40?,41?,42?,43?,44-,45?,46?,47?,48?,51+,52?,53-,54-,55?/m1/s1. The molecule has 0 bridgehead atoms. The van der Waals surface area contributed by atoms with Crippen molar-refractivity contribution in [3.05, 3.63) is 31.3 Å². The molecule has 0 aliphatic carbocycles. The number of carbonyl (C=O) groups is 2. The molecule has 5 fully saturated rings. The third-order valence-electron chi connectivity index (χ3n) is 15.7. The molecule has 7 N–H and O–H groups in total. The van der Waals surface area contributed by atoms with Crippen molar-refractivity contribution in [3.63, 3.8) is 0 Å². The summed E-state index contributed by atoms with van der Waals surface area (Å²) in [5, 5.41) is 90.4. The molecule has 5 aliphatic rings. The summed E-state index contributed by atoms with van der Waals surface area (Å²) in [6.07, 6.45) is -28.3. The summed E-state index contributed by atoms with van der Waals surface area (Å²) in [5.74, 6) is -3.31. The lowest BCUT2D eigenvalue weighted by atomic mass is 9.94. The minimum Gasteiger partial charge on any atom is -0.479 e. The van der Waals surface area contributed by atoms with Gasteiger partial charge in [0.25, 0.3) is 0 Å². The monoisotopic (exact) mass is 1280 g/mol. The summed E-state index contributed by atoms with van der Waals surface area (Å²) >= 11 is 0. The van der Waals surface area contributed by atoms with Gasteiger partial charge in [0.2, 0.25) is 0 Å². The molecular formula is C55H95N9O25. The highest BCUT2D eigenvalue weighted by molar-refractivity contribution is 5.74. The Morgan fingerprint density at radius 2 is 0.730 bits per heavy atom. The first-order chi connectivity index (χ1) is 43.1. The number of hydrogen-bond acceptors (Lipinski definition) is 26. The van der Waals surface area contributed by atoms with Gasteiger partial charge in [-0.3, -0.25) is 0 Å². The molecule has 0 amide bonds. The van der Waals surface area contributed by atoms with Gasteiger partial charge in [0, 0.05) is 61.5 Å². The van der Waals surface area contributed by atoms with E-state index in [4.69, 9.17) is 75.8 Å². The molecule has 0 saturated carbocycles. The van der Waals surface area contributed by atoms with Crippen LogP contribution in [-0.2, 0) is 85.4 Å². The van der Waals surface area contributed by atoms with Crippen LogP contribution in [0.4, 0.5) is 0 Å². The van der Waals surface area contributed by atoms with Crippen LogP contribution in [0.3, 0.4) is 0 Å². The minimum atomic E-state index is -2.12. The number of azide groups is 3. The molecule has 34 nitrogen and oxygen atoms in total. The fourth-order valence-corrected chi connectivity index (χ4v) is 10.9. The van der Waals surface area contributed by atoms with Crippen LogP contribution in [0, 0.1) is 0 Å². The summed E-state index contributed by atoms with van der Waals surface area (Å²) in [7, 11) is 1.28. The van der Waals surface area contributed by atoms with E-state index in [1.807, 2.05) is 41.5 Å². The Labute approximate surface area is 517 Å². The van der Waals surface area contributed by atoms with Crippen LogP contribution in [0.25, 0.3) is 31.3 Å². The molecule has 0 radical (unpaired) electrons.